The van der Waals surface area contributed by atoms with Crippen LogP contribution in [0, 0.1) is 0 Å². The van der Waals surface area contributed by atoms with E-state index in [2.05, 4.69) is 4.90 Å². The number of benzene rings is 1. The molecule has 1 aliphatic heterocycles. The van der Waals surface area contributed by atoms with Gasteiger partial charge in [0.2, 0.25) is 0 Å². The summed E-state index contributed by atoms with van der Waals surface area (Å²) < 4.78 is 0. The molecule has 2 rings (SSSR count). The largest absolute Gasteiger partial charge is 0.396 e. The molecule has 0 radical (unpaired) electrons. The fourth-order valence-electron chi connectivity index (χ4n) is 2.97. The average molecular weight is 298 g/mol. The van der Waals surface area contributed by atoms with Crippen LogP contribution < -0.4 is 0 Å². The molecule has 2 unspecified atom stereocenters. The first-order valence-corrected chi connectivity index (χ1v) is 7.87. The third-order valence-corrected chi connectivity index (χ3v) is 4.41. The minimum Gasteiger partial charge on any atom is -0.396 e. The van der Waals surface area contributed by atoms with Gasteiger partial charge >= 0.3 is 0 Å². The summed E-state index contributed by atoms with van der Waals surface area (Å²) in [5.41, 5.74) is 0.921. The fraction of sp³-hybridized carbons (Fsp3) is 0.625. The van der Waals surface area contributed by atoms with Gasteiger partial charge in [0.05, 0.1) is 6.10 Å². The van der Waals surface area contributed by atoms with Crippen LogP contribution in [-0.2, 0) is 0 Å². The Kier molecular flexibility index (Phi) is 6.30. The Hall–Kier alpha value is -0.610. The maximum Gasteiger partial charge on any atom is 0.0802 e. The first-order chi connectivity index (χ1) is 9.70. The standard InChI is InChI=1S/C16H24ClNO2/c17-14-6-4-13(5-7-14)16(20)8-11-18-10-2-1-3-15(18)9-12-19/h4-7,15-16,19-20H,1-3,8-12H2. The monoisotopic (exact) mass is 297 g/mol. The highest BCUT2D eigenvalue weighted by Gasteiger charge is 2.22. The number of likely N-dealkylation sites (tertiary alicyclic amines) is 1. The molecule has 1 saturated heterocycles. The molecular weight excluding hydrogens is 274 g/mol. The summed E-state index contributed by atoms with van der Waals surface area (Å²) in [6.07, 6.45) is 4.77. The predicted octanol–water partition coefficient (Wildman–Crippen LogP) is 3.00. The van der Waals surface area contributed by atoms with Crippen LogP contribution in [0.1, 0.15) is 43.8 Å². The molecule has 0 aliphatic carbocycles. The van der Waals surface area contributed by atoms with Gasteiger partial charge in [-0.25, -0.2) is 0 Å². The van der Waals surface area contributed by atoms with E-state index in [9.17, 15) is 5.11 Å². The van der Waals surface area contributed by atoms with Crippen LogP contribution in [0.25, 0.3) is 0 Å². The predicted molar refractivity (Wildman–Crippen MR) is 81.9 cm³/mol. The Morgan fingerprint density at radius 1 is 1.25 bits per heavy atom. The normalized spacial score (nSPS) is 21.9. The third-order valence-electron chi connectivity index (χ3n) is 4.16. The Morgan fingerprint density at radius 3 is 2.70 bits per heavy atom. The molecule has 1 aromatic rings. The third kappa shape index (κ3) is 4.45. The molecule has 2 atom stereocenters. The fourth-order valence-corrected chi connectivity index (χ4v) is 3.10. The molecule has 1 fully saturated rings. The molecule has 3 nitrogen and oxygen atoms in total. The Balaban J connectivity index is 1.85. The molecule has 0 aromatic heterocycles. The van der Waals surface area contributed by atoms with Gasteiger partial charge in [0, 0.05) is 24.2 Å². The number of nitrogens with zero attached hydrogens (tertiary/aromatic N) is 1. The van der Waals surface area contributed by atoms with E-state index in [1.165, 1.54) is 12.8 Å². The van der Waals surface area contributed by atoms with E-state index >= 15 is 0 Å². The number of piperidine rings is 1. The van der Waals surface area contributed by atoms with Gasteiger partial charge in [-0.3, -0.25) is 0 Å². The maximum atomic E-state index is 10.2. The van der Waals surface area contributed by atoms with Gasteiger partial charge in [0.15, 0.2) is 0 Å². The van der Waals surface area contributed by atoms with Crippen molar-refractivity contribution in [3.63, 3.8) is 0 Å². The van der Waals surface area contributed by atoms with Gasteiger partial charge in [-0.05, 0) is 49.9 Å². The average Bonchev–Trinajstić information content (AvgIpc) is 2.47. The van der Waals surface area contributed by atoms with Crippen molar-refractivity contribution in [1.82, 2.24) is 4.90 Å². The van der Waals surface area contributed by atoms with Crippen molar-refractivity contribution in [3.8, 4) is 0 Å². The molecule has 0 spiro atoms. The van der Waals surface area contributed by atoms with Crippen LogP contribution >= 0.6 is 11.6 Å². The minimum atomic E-state index is -0.441. The van der Waals surface area contributed by atoms with E-state index in [0.29, 0.717) is 11.1 Å². The van der Waals surface area contributed by atoms with Crippen molar-refractivity contribution in [2.75, 3.05) is 19.7 Å². The van der Waals surface area contributed by atoms with E-state index < -0.39 is 6.10 Å². The lowest BCUT2D eigenvalue weighted by atomic mass is 9.98. The number of hydrogen-bond acceptors (Lipinski definition) is 3. The lowest BCUT2D eigenvalue weighted by Crippen LogP contribution is -2.41. The molecule has 2 N–H and O–H groups in total. The first-order valence-electron chi connectivity index (χ1n) is 7.49. The lowest BCUT2D eigenvalue weighted by Gasteiger charge is -2.36. The molecule has 0 bridgehead atoms. The van der Waals surface area contributed by atoms with Crippen molar-refractivity contribution in [2.24, 2.45) is 0 Å². The molecular formula is C16H24ClNO2. The SMILES string of the molecule is OCCC1CCCCN1CCC(O)c1ccc(Cl)cc1. The smallest absolute Gasteiger partial charge is 0.0802 e. The van der Waals surface area contributed by atoms with Gasteiger partial charge < -0.3 is 15.1 Å². The quantitative estimate of drug-likeness (QED) is 0.848. The van der Waals surface area contributed by atoms with Crippen molar-refractivity contribution < 1.29 is 10.2 Å². The summed E-state index contributed by atoms with van der Waals surface area (Å²) in [5.74, 6) is 0. The van der Waals surface area contributed by atoms with Gasteiger partial charge in [0.25, 0.3) is 0 Å². The van der Waals surface area contributed by atoms with Crippen LogP contribution in [0.3, 0.4) is 0 Å². The number of rotatable bonds is 6. The lowest BCUT2D eigenvalue weighted by molar-refractivity contribution is 0.0891. The Bertz CT molecular complexity index is 394. The molecule has 0 amide bonds. The number of aliphatic hydroxyl groups excluding tert-OH is 2. The molecule has 20 heavy (non-hydrogen) atoms. The highest BCUT2D eigenvalue weighted by atomic mass is 35.5. The zero-order valence-corrected chi connectivity index (χ0v) is 12.6. The van der Waals surface area contributed by atoms with Crippen LogP contribution in [-0.4, -0.2) is 40.9 Å². The highest BCUT2D eigenvalue weighted by molar-refractivity contribution is 6.30. The van der Waals surface area contributed by atoms with Crippen LogP contribution in [0.5, 0.6) is 0 Å². The number of halogens is 1. The van der Waals surface area contributed by atoms with Gasteiger partial charge in [-0.2, -0.15) is 0 Å². The molecule has 1 aliphatic rings. The number of aliphatic hydroxyl groups is 2. The van der Waals surface area contributed by atoms with E-state index in [1.54, 1.807) is 0 Å². The number of hydrogen-bond donors (Lipinski definition) is 2. The molecule has 1 heterocycles. The van der Waals surface area contributed by atoms with Crippen LogP contribution in [0.2, 0.25) is 5.02 Å². The van der Waals surface area contributed by atoms with Crippen molar-refractivity contribution in [3.05, 3.63) is 34.9 Å². The van der Waals surface area contributed by atoms with Crippen molar-refractivity contribution >= 4 is 11.6 Å². The van der Waals surface area contributed by atoms with Gasteiger partial charge in [0.1, 0.15) is 0 Å². The maximum absolute atomic E-state index is 10.2. The minimum absolute atomic E-state index is 0.251. The van der Waals surface area contributed by atoms with Crippen LogP contribution in [0.4, 0.5) is 0 Å². The van der Waals surface area contributed by atoms with E-state index in [4.69, 9.17) is 16.7 Å². The highest BCUT2D eigenvalue weighted by Crippen LogP contribution is 2.23. The van der Waals surface area contributed by atoms with Crippen molar-refractivity contribution in [2.45, 2.75) is 44.2 Å². The van der Waals surface area contributed by atoms with Crippen LogP contribution in [0.15, 0.2) is 24.3 Å². The second-order valence-corrected chi connectivity index (χ2v) is 5.99. The molecule has 112 valence electrons. The first kappa shape index (κ1) is 15.8. The zero-order valence-electron chi connectivity index (χ0n) is 11.8. The van der Waals surface area contributed by atoms with E-state index in [-0.39, 0.29) is 6.61 Å². The van der Waals surface area contributed by atoms with Gasteiger partial charge in [-0.1, -0.05) is 30.2 Å². The molecule has 1 aromatic carbocycles. The topological polar surface area (TPSA) is 43.7 Å². The van der Waals surface area contributed by atoms with Crippen molar-refractivity contribution in [1.29, 1.82) is 0 Å². The molecule has 4 heteroatoms. The summed E-state index contributed by atoms with van der Waals surface area (Å²) in [4.78, 5) is 2.42. The summed E-state index contributed by atoms with van der Waals surface area (Å²) in [5, 5.41) is 20.1. The summed E-state index contributed by atoms with van der Waals surface area (Å²) >= 11 is 5.86. The van der Waals surface area contributed by atoms with E-state index in [0.717, 1.165) is 37.9 Å². The van der Waals surface area contributed by atoms with E-state index in [1.807, 2.05) is 24.3 Å². The zero-order chi connectivity index (χ0) is 14.4. The summed E-state index contributed by atoms with van der Waals surface area (Å²) in [6.45, 7) is 2.22. The Labute approximate surface area is 126 Å². The van der Waals surface area contributed by atoms with Gasteiger partial charge in [-0.15, -0.1) is 0 Å². The molecule has 0 saturated carbocycles. The second kappa shape index (κ2) is 7.99. The summed E-state index contributed by atoms with van der Waals surface area (Å²) in [6, 6.07) is 7.87. The second-order valence-electron chi connectivity index (χ2n) is 5.55. The summed E-state index contributed by atoms with van der Waals surface area (Å²) in [7, 11) is 0. The Morgan fingerprint density at radius 2 is 2.00 bits per heavy atom.